The third-order valence-corrected chi connectivity index (χ3v) is 3.23. The minimum absolute atomic E-state index is 0.214. The van der Waals surface area contributed by atoms with Crippen molar-refractivity contribution in [2.24, 2.45) is 5.92 Å². The number of anilines is 1. The lowest BCUT2D eigenvalue weighted by atomic mass is 10.1. The van der Waals surface area contributed by atoms with E-state index in [2.05, 4.69) is 15.3 Å². The van der Waals surface area contributed by atoms with Crippen molar-refractivity contribution in [3.63, 3.8) is 0 Å². The minimum atomic E-state index is 0.214. The molecule has 0 aromatic carbocycles. The van der Waals surface area contributed by atoms with Crippen LogP contribution < -0.4 is 5.32 Å². The van der Waals surface area contributed by atoms with Gasteiger partial charge in [0.15, 0.2) is 5.15 Å². The maximum atomic E-state index is 8.94. The van der Waals surface area contributed by atoms with Crippen molar-refractivity contribution in [2.75, 3.05) is 11.9 Å². The Labute approximate surface area is 99.7 Å². The van der Waals surface area contributed by atoms with Crippen molar-refractivity contribution in [2.45, 2.75) is 25.7 Å². The second-order valence-electron chi connectivity index (χ2n) is 4.03. The van der Waals surface area contributed by atoms with Crippen LogP contribution in [0.25, 0.3) is 0 Å². The largest absolute Gasteiger partial charge is 0.369 e. The van der Waals surface area contributed by atoms with Crippen LogP contribution in [0.15, 0.2) is 6.33 Å². The molecule has 16 heavy (non-hydrogen) atoms. The smallest absolute Gasteiger partial charge is 0.152 e. The fourth-order valence-corrected chi connectivity index (χ4v) is 2.23. The van der Waals surface area contributed by atoms with E-state index in [1.165, 1.54) is 32.0 Å². The van der Waals surface area contributed by atoms with Gasteiger partial charge in [-0.25, -0.2) is 9.97 Å². The van der Waals surface area contributed by atoms with E-state index in [0.29, 0.717) is 17.3 Å². The molecule has 0 spiro atoms. The fraction of sp³-hybridized carbons (Fsp3) is 0.545. The van der Waals surface area contributed by atoms with Crippen LogP contribution in [0.4, 0.5) is 5.82 Å². The van der Waals surface area contributed by atoms with Crippen LogP contribution in [-0.4, -0.2) is 16.5 Å². The van der Waals surface area contributed by atoms with E-state index in [-0.39, 0.29) is 5.15 Å². The summed E-state index contributed by atoms with van der Waals surface area (Å²) >= 11 is 5.81. The topological polar surface area (TPSA) is 61.6 Å². The summed E-state index contributed by atoms with van der Waals surface area (Å²) in [6, 6.07) is 2.02. The molecule has 1 aliphatic carbocycles. The van der Waals surface area contributed by atoms with E-state index in [0.717, 1.165) is 6.54 Å². The van der Waals surface area contributed by atoms with Crippen molar-refractivity contribution < 1.29 is 0 Å². The Morgan fingerprint density at radius 3 is 2.88 bits per heavy atom. The summed E-state index contributed by atoms with van der Waals surface area (Å²) in [5.41, 5.74) is 0.335. The molecule has 1 saturated carbocycles. The van der Waals surface area contributed by atoms with E-state index in [4.69, 9.17) is 16.9 Å². The molecular formula is C11H13ClN4. The highest BCUT2D eigenvalue weighted by Gasteiger charge is 2.16. The molecule has 1 aliphatic rings. The monoisotopic (exact) mass is 236 g/mol. The maximum absolute atomic E-state index is 8.94. The lowest BCUT2D eigenvalue weighted by Crippen LogP contribution is -2.13. The molecule has 0 radical (unpaired) electrons. The van der Waals surface area contributed by atoms with E-state index < -0.39 is 0 Å². The highest BCUT2D eigenvalue weighted by atomic mass is 35.5. The standard InChI is InChI=1S/C11H13ClN4/c12-10-9(5-13)11(16-7-15-10)14-6-8-3-1-2-4-8/h7-8H,1-4,6H2,(H,14,15,16). The van der Waals surface area contributed by atoms with Gasteiger partial charge in [0.2, 0.25) is 0 Å². The van der Waals surface area contributed by atoms with Crippen molar-refractivity contribution in [1.82, 2.24) is 9.97 Å². The molecule has 1 aromatic rings. The van der Waals surface area contributed by atoms with Crippen LogP contribution >= 0.6 is 11.6 Å². The van der Waals surface area contributed by atoms with Gasteiger partial charge in [0.05, 0.1) is 0 Å². The second kappa shape index (κ2) is 5.13. The number of hydrogen-bond acceptors (Lipinski definition) is 4. The van der Waals surface area contributed by atoms with E-state index in [1.54, 1.807) is 0 Å². The summed E-state index contributed by atoms with van der Waals surface area (Å²) in [5.74, 6) is 1.25. The van der Waals surface area contributed by atoms with Gasteiger partial charge in [0.25, 0.3) is 0 Å². The summed E-state index contributed by atoms with van der Waals surface area (Å²) < 4.78 is 0. The summed E-state index contributed by atoms with van der Waals surface area (Å²) in [6.07, 6.45) is 6.51. The van der Waals surface area contributed by atoms with Gasteiger partial charge >= 0.3 is 0 Å². The van der Waals surface area contributed by atoms with Gasteiger partial charge in [-0.05, 0) is 18.8 Å². The predicted molar refractivity (Wildman–Crippen MR) is 62.2 cm³/mol. The van der Waals surface area contributed by atoms with Crippen molar-refractivity contribution in [3.8, 4) is 6.07 Å². The molecule has 0 aliphatic heterocycles. The number of nitrogens with zero attached hydrogens (tertiary/aromatic N) is 3. The van der Waals surface area contributed by atoms with Crippen LogP contribution in [0.5, 0.6) is 0 Å². The summed E-state index contributed by atoms with van der Waals surface area (Å²) in [6.45, 7) is 0.863. The Bertz CT molecular complexity index is 407. The Kier molecular flexibility index (Phi) is 3.58. The molecule has 0 atom stereocenters. The predicted octanol–water partition coefficient (Wildman–Crippen LogP) is 2.60. The first-order chi connectivity index (χ1) is 7.81. The molecule has 0 bridgehead atoms. The number of hydrogen-bond donors (Lipinski definition) is 1. The lowest BCUT2D eigenvalue weighted by molar-refractivity contribution is 0.578. The van der Waals surface area contributed by atoms with Crippen LogP contribution in [0, 0.1) is 17.2 Å². The first-order valence-corrected chi connectivity index (χ1v) is 5.83. The maximum Gasteiger partial charge on any atom is 0.152 e. The van der Waals surface area contributed by atoms with Crippen molar-refractivity contribution in [3.05, 3.63) is 17.0 Å². The number of nitriles is 1. The fourth-order valence-electron chi connectivity index (χ4n) is 2.05. The number of rotatable bonds is 3. The molecule has 1 aromatic heterocycles. The number of aromatic nitrogens is 2. The first kappa shape index (κ1) is 11.2. The van der Waals surface area contributed by atoms with Crippen LogP contribution in [0.3, 0.4) is 0 Å². The van der Waals surface area contributed by atoms with Crippen LogP contribution in [-0.2, 0) is 0 Å². The van der Waals surface area contributed by atoms with Gasteiger partial charge in [-0.1, -0.05) is 24.4 Å². The molecule has 1 fully saturated rings. The van der Waals surface area contributed by atoms with Gasteiger partial charge in [-0.3, -0.25) is 0 Å². The van der Waals surface area contributed by atoms with E-state index >= 15 is 0 Å². The second-order valence-corrected chi connectivity index (χ2v) is 4.39. The van der Waals surface area contributed by atoms with Crippen LogP contribution in [0.1, 0.15) is 31.2 Å². The molecule has 0 unspecified atom stereocenters. The Morgan fingerprint density at radius 1 is 1.44 bits per heavy atom. The van der Waals surface area contributed by atoms with Gasteiger partial charge in [-0.15, -0.1) is 0 Å². The van der Waals surface area contributed by atoms with Gasteiger partial charge in [0, 0.05) is 6.54 Å². The average Bonchev–Trinajstić information content (AvgIpc) is 2.79. The minimum Gasteiger partial charge on any atom is -0.369 e. The molecule has 0 saturated heterocycles. The van der Waals surface area contributed by atoms with Gasteiger partial charge in [0.1, 0.15) is 23.8 Å². The third kappa shape index (κ3) is 2.42. The van der Waals surface area contributed by atoms with Crippen molar-refractivity contribution in [1.29, 1.82) is 5.26 Å². The van der Waals surface area contributed by atoms with Gasteiger partial charge < -0.3 is 5.32 Å². The van der Waals surface area contributed by atoms with E-state index in [1.807, 2.05) is 6.07 Å². The first-order valence-electron chi connectivity index (χ1n) is 5.45. The molecule has 1 N–H and O–H groups in total. The molecule has 2 rings (SSSR count). The highest BCUT2D eigenvalue weighted by Crippen LogP contribution is 2.25. The summed E-state index contributed by atoms with van der Waals surface area (Å²) in [4.78, 5) is 7.82. The zero-order valence-corrected chi connectivity index (χ0v) is 9.67. The van der Waals surface area contributed by atoms with Crippen molar-refractivity contribution >= 4 is 17.4 Å². The average molecular weight is 237 g/mol. The summed E-state index contributed by atoms with van der Waals surface area (Å²) in [5, 5.41) is 12.3. The van der Waals surface area contributed by atoms with Gasteiger partial charge in [-0.2, -0.15) is 5.26 Å². The Morgan fingerprint density at radius 2 is 2.19 bits per heavy atom. The number of halogens is 1. The molecule has 84 valence electrons. The molecule has 1 heterocycles. The third-order valence-electron chi connectivity index (χ3n) is 2.95. The molecule has 4 nitrogen and oxygen atoms in total. The highest BCUT2D eigenvalue weighted by molar-refractivity contribution is 6.30. The van der Waals surface area contributed by atoms with Crippen LogP contribution in [0.2, 0.25) is 5.15 Å². The zero-order valence-electron chi connectivity index (χ0n) is 8.91. The normalized spacial score (nSPS) is 16.0. The molecule has 5 heteroatoms. The molecular weight excluding hydrogens is 224 g/mol. The lowest BCUT2D eigenvalue weighted by Gasteiger charge is -2.11. The summed E-state index contributed by atoms with van der Waals surface area (Å²) in [7, 11) is 0. The quantitative estimate of drug-likeness (QED) is 0.820. The SMILES string of the molecule is N#Cc1c(Cl)ncnc1NCC1CCCC1. The van der Waals surface area contributed by atoms with E-state index in [9.17, 15) is 0 Å². The Balaban J connectivity index is 2.03. The Hall–Kier alpha value is -1.34. The number of nitrogens with one attached hydrogen (secondary N) is 1. The zero-order chi connectivity index (χ0) is 11.4. The molecule has 0 amide bonds.